The van der Waals surface area contributed by atoms with E-state index in [1.54, 1.807) is 0 Å². The third-order valence-corrected chi connectivity index (χ3v) is 4.14. The SMILES string of the molecule is S=C(NCc1ccc2c(c1)OCO2)Nc1ccc2c(c1)OCCCO2. The van der Waals surface area contributed by atoms with E-state index in [9.17, 15) is 0 Å². The van der Waals surface area contributed by atoms with Gasteiger partial charge in [0.2, 0.25) is 6.79 Å². The number of benzene rings is 2. The van der Waals surface area contributed by atoms with Gasteiger partial charge in [0.15, 0.2) is 28.1 Å². The van der Waals surface area contributed by atoms with Crippen molar-refractivity contribution < 1.29 is 18.9 Å². The van der Waals surface area contributed by atoms with Crippen LogP contribution in [0.2, 0.25) is 0 Å². The molecule has 2 heterocycles. The van der Waals surface area contributed by atoms with Crippen molar-refractivity contribution in [1.29, 1.82) is 0 Å². The van der Waals surface area contributed by atoms with Crippen LogP contribution in [0, 0.1) is 0 Å². The normalized spacial score (nSPS) is 14.6. The Balaban J connectivity index is 1.35. The second-order valence-corrected chi connectivity index (χ2v) is 6.12. The average molecular weight is 358 g/mol. The van der Waals surface area contributed by atoms with E-state index in [4.69, 9.17) is 31.2 Å². The summed E-state index contributed by atoms with van der Waals surface area (Å²) >= 11 is 5.37. The van der Waals surface area contributed by atoms with Gasteiger partial charge >= 0.3 is 0 Å². The quantitative estimate of drug-likeness (QED) is 0.818. The number of fused-ring (bicyclic) bond motifs is 2. The number of hydrogen-bond acceptors (Lipinski definition) is 5. The van der Waals surface area contributed by atoms with Crippen molar-refractivity contribution in [3.63, 3.8) is 0 Å². The van der Waals surface area contributed by atoms with E-state index in [1.807, 2.05) is 36.4 Å². The monoisotopic (exact) mass is 358 g/mol. The maximum Gasteiger partial charge on any atom is 0.231 e. The molecule has 7 heteroatoms. The fraction of sp³-hybridized carbons (Fsp3) is 0.278. The van der Waals surface area contributed by atoms with Gasteiger partial charge in [0, 0.05) is 24.7 Å². The van der Waals surface area contributed by atoms with E-state index in [0.717, 1.165) is 40.7 Å². The molecule has 0 atom stereocenters. The highest BCUT2D eigenvalue weighted by Gasteiger charge is 2.14. The Hall–Kier alpha value is -2.67. The van der Waals surface area contributed by atoms with Crippen LogP contribution < -0.4 is 29.6 Å². The predicted octanol–water partition coefficient (Wildman–Crippen LogP) is 3.06. The third-order valence-electron chi connectivity index (χ3n) is 3.90. The Morgan fingerprint density at radius 2 is 1.60 bits per heavy atom. The first-order chi connectivity index (χ1) is 12.3. The highest BCUT2D eigenvalue weighted by molar-refractivity contribution is 7.80. The summed E-state index contributed by atoms with van der Waals surface area (Å²) in [6.45, 7) is 2.20. The van der Waals surface area contributed by atoms with E-state index in [2.05, 4.69) is 10.6 Å². The van der Waals surface area contributed by atoms with Crippen LogP contribution in [0.4, 0.5) is 5.69 Å². The minimum atomic E-state index is 0.274. The molecule has 2 aliphatic rings. The molecule has 130 valence electrons. The second kappa shape index (κ2) is 7.06. The van der Waals surface area contributed by atoms with Crippen molar-refractivity contribution in [2.24, 2.45) is 0 Å². The van der Waals surface area contributed by atoms with Crippen LogP contribution in [0.25, 0.3) is 0 Å². The van der Waals surface area contributed by atoms with E-state index in [1.165, 1.54) is 0 Å². The zero-order chi connectivity index (χ0) is 17.1. The minimum absolute atomic E-state index is 0.274. The number of rotatable bonds is 3. The first kappa shape index (κ1) is 15.8. The van der Waals surface area contributed by atoms with Gasteiger partial charge in [0.25, 0.3) is 0 Å². The van der Waals surface area contributed by atoms with Crippen LogP contribution in [0.1, 0.15) is 12.0 Å². The molecule has 0 aliphatic carbocycles. The second-order valence-electron chi connectivity index (χ2n) is 5.71. The molecule has 0 aromatic heterocycles. The van der Waals surface area contributed by atoms with Gasteiger partial charge in [0.1, 0.15) is 0 Å². The van der Waals surface area contributed by atoms with Gasteiger partial charge in [-0.3, -0.25) is 0 Å². The summed E-state index contributed by atoms with van der Waals surface area (Å²) in [5.41, 5.74) is 1.92. The highest BCUT2D eigenvalue weighted by atomic mass is 32.1. The van der Waals surface area contributed by atoms with Crippen molar-refractivity contribution in [3.8, 4) is 23.0 Å². The minimum Gasteiger partial charge on any atom is -0.490 e. The van der Waals surface area contributed by atoms with Gasteiger partial charge in [-0.1, -0.05) is 6.07 Å². The number of thiocarbonyl (C=S) groups is 1. The molecule has 0 spiro atoms. The summed E-state index contributed by atoms with van der Waals surface area (Å²) in [6.07, 6.45) is 0.882. The first-order valence-corrected chi connectivity index (χ1v) is 8.52. The van der Waals surface area contributed by atoms with Crippen molar-refractivity contribution >= 4 is 23.0 Å². The van der Waals surface area contributed by atoms with Gasteiger partial charge in [-0.25, -0.2) is 0 Å². The maximum absolute atomic E-state index is 5.69. The molecule has 0 bridgehead atoms. The van der Waals surface area contributed by atoms with E-state index >= 15 is 0 Å². The summed E-state index contributed by atoms with van der Waals surface area (Å²) in [5.74, 6) is 3.04. The van der Waals surface area contributed by atoms with Crippen LogP contribution in [0.5, 0.6) is 23.0 Å². The molecule has 25 heavy (non-hydrogen) atoms. The van der Waals surface area contributed by atoms with E-state index in [-0.39, 0.29) is 6.79 Å². The van der Waals surface area contributed by atoms with Gasteiger partial charge in [-0.05, 0) is 42.0 Å². The fourth-order valence-electron chi connectivity index (χ4n) is 2.65. The molecule has 2 N–H and O–H groups in total. The zero-order valence-electron chi connectivity index (χ0n) is 13.5. The molecule has 2 aromatic rings. The molecule has 6 nitrogen and oxygen atoms in total. The van der Waals surface area contributed by atoms with Crippen molar-refractivity contribution in [1.82, 2.24) is 5.32 Å². The lowest BCUT2D eigenvalue weighted by Gasteiger charge is -2.13. The number of hydrogen-bond donors (Lipinski definition) is 2. The summed E-state index contributed by atoms with van der Waals surface area (Å²) < 4.78 is 22.0. The lowest BCUT2D eigenvalue weighted by atomic mass is 10.2. The zero-order valence-corrected chi connectivity index (χ0v) is 14.4. The van der Waals surface area contributed by atoms with Crippen LogP contribution in [-0.4, -0.2) is 25.1 Å². The van der Waals surface area contributed by atoms with Crippen LogP contribution in [-0.2, 0) is 6.54 Å². The predicted molar refractivity (Wildman–Crippen MR) is 97.7 cm³/mol. The molecule has 2 aliphatic heterocycles. The molecule has 2 aromatic carbocycles. The first-order valence-electron chi connectivity index (χ1n) is 8.11. The topological polar surface area (TPSA) is 61.0 Å². The van der Waals surface area contributed by atoms with Crippen molar-refractivity contribution in [2.75, 3.05) is 25.3 Å². The van der Waals surface area contributed by atoms with Crippen molar-refractivity contribution in [3.05, 3.63) is 42.0 Å². The van der Waals surface area contributed by atoms with Gasteiger partial charge in [-0.15, -0.1) is 0 Å². The third kappa shape index (κ3) is 3.71. The van der Waals surface area contributed by atoms with Crippen LogP contribution >= 0.6 is 12.2 Å². The number of ether oxygens (including phenoxy) is 4. The van der Waals surface area contributed by atoms with E-state index in [0.29, 0.717) is 24.9 Å². The van der Waals surface area contributed by atoms with Gasteiger partial charge in [-0.2, -0.15) is 0 Å². The molecule has 0 saturated carbocycles. The highest BCUT2D eigenvalue weighted by Crippen LogP contribution is 2.33. The Kier molecular flexibility index (Phi) is 4.47. The number of nitrogens with one attached hydrogen (secondary N) is 2. The lowest BCUT2D eigenvalue weighted by Crippen LogP contribution is -2.27. The molecule has 0 radical (unpaired) electrons. The molecule has 0 saturated heterocycles. The average Bonchev–Trinajstić information content (AvgIpc) is 2.96. The Morgan fingerprint density at radius 3 is 2.52 bits per heavy atom. The number of anilines is 1. The summed E-state index contributed by atoms with van der Waals surface area (Å²) in [4.78, 5) is 0. The summed E-state index contributed by atoms with van der Waals surface area (Å²) in [5, 5.41) is 6.88. The molecule has 0 amide bonds. The molecule has 4 rings (SSSR count). The lowest BCUT2D eigenvalue weighted by molar-refractivity contribution is 0.174. The van der Waals surface area contributed by atoms with Crippen LogP contribution in [0.3, 0.4) is 0 Å². The maximum atomic E-state index is 5.69. The molecular weight excluding hydrogens is 340 g/mol. The summed E-state index contributed by atoms with van der Waals surface area (Å²) in [6, 6.07) is 11.5. The molecular formula is C18H18N2O4S. The van der Waals surface area contributed by atoms with Crippen molar-refractivity contribution in [2.45, 2.75) is 13.0 Å². The Morgan fingerprint density at radius 1 is 0.880 bits per heavy atom. The van der Waals surface area contributed by atoms with Crippen LogP contribution in [0.15, 0.2) is 36.4 Å². The fourth-order valence-corrected chi connectivity index (χ4v) is 2.84. The Labute approximate surface area is 151 Å². The van der Waals surface area contributed by atoms with Gasteiger partial charge in [0.05, 0.1) is 13.2 Å². The summed E-state index contributed by atoms with van der Waals surface area (Å²) in [7, 11) is 0. The van der Waals surface area contributed by atoms with E-state index < -0.39 is 0 Å². The Bertz CT molecular complexity index is 797. The smallest absolute Gasteiger partial charge is 0.231 e. The van der Waals surface area contributed by atoms with Gasteiger partial charge < -0.3 is 29.6 Å². The largest absolute Gasteiger partial charge is 0.490 e. The standard InChI is InChI=1S/C18H18N2O4S/c25-18(19-10-12-2-4-15-16(8-12)24-11-23-15)20-13-3-5-14-17(9-13)22-7-1-6-21-14/h2-5,8-9H,1,6-7,10-11H2,(H2,19,20,25). The molecule has 0 unspecified atom stereocenters. The molecule has 0 fully saturated rings.